The predicted octanol–water partition coefficient (Wildman–Crippen LogP) is 4.61. The molecule has 0 spiro atoms. The van der Waals surface area contributed by atoms with Crippen LogP contribution < -0.4 is 5.32 Å². The Labute approximate surface area is 176 Å². The van der Waals surface area contributed by atoms with Crippen molar-refractivity contribution < 1.29 is 4.79 Å². The first-order valence-electron chi connectivity index (χ1n) is 9.94. The third-order valence-corrected chi connectivity index (χ3v) is 6.14. The number of nitrogens with one attached hydrogen (secondary N) is 1. The zero-order valence-corrected chi connectivity index (χ0v) is 17.4. The van der Waals surface area contributed by atoms with Crippen LogP contribution in [0.25, 0.3) is 6.08 Å². The molecule has 1 aromatic heterocycles. The second kappa shape index (κ2) is 9.14. The Morgan fingerprint density at radius 2 is 1.90 bits per heavy atom. The first-order valence-corrected chi connectivity index (χ1v) is 11.1. The first-order chi connectivity index (χ1) is 14.2. The molecular formula is C24H25N3OS. The summed E-state index contributed by atoms with van der Waals surface area (Å²) in [7, 11) is 0. The lowest BCUT2D eigenvalue weighted by Crippen LogP contribution is -2.24. The number of carbonyl (C=O) groups is 1. The largest absolute Gasteiger partial charge is 0.346 e. The summed E-state index contributed by atoms with van der Waals surface area (Å²) in [5.41, 5.74) is 5.80. The molecule has 0 fully saturated rings. The van der Waals surface area contributed by atoms with Crippen LogP contribution in [0.3, 0.4) is 0 Å². The molecule has 1 aliphatic heterocycles. The van der Waals surface area contributed by atoms with Crippen LogP contribution in [-0.2, 0) is 23.5 Å². The van der Waals surface area contributed by atoms with E-state index in [-0.39, 0.29) is 11.9 Å². The Hall–Kier alpha value is -2.79. The van der Waals surface area contributed by atoms with E-state index in [1.54, 1.807) is 6.08 Å². The number of hydrogen-bond donors (Lipinski definition) is 1. The number of amides is 1. The SMILES string of the molecule is C[C@@H](NC(=O)/C=C/c1nn(Cc2ccccc2)c2c1CSCC2)c1ccccc1. The van der Waals surface area contributed by atoms with Crippen molar-refractivity contribution >= 4 is 23.7 Å². The molecule has 5 heteroatoms. The average Bonchev–Trinajstić information content (AvgIpc) is 3.11. The quantitative estimate of drug-likeness (QED) is 0.612. The van der Waals surface area contributed by atoms with E-state index in [4.69, 9.17) is 5.10 Å². The fraction of sp³-hybridized carbons (Fsp3) is 0.250. The van der Waals surface area contributed by atoms with Gasteiger partial charge in [-0.25, -0.2) is 0 Å². The summed E-state index contributed by atoms with van der Waals surface area (Å²) in [5.74, 6) is 1.97. The van der Waals surface area contributed by atoms with E-state index in [0.717, 1.165) is 35.7 Å². The van der Waals surface area contributed by atoms with E-state index in [1.807, 2.05) is 61.2 Å². The van der Waals surface area contributed by atoms with E-state index in [9.17, 15) is 4.79 Å². The maximum absolute atomic E-state index is 12.4. The van der Waals surface area contributed by atoms with Crippen molar-refractivity contribution in [3.05, 3.63) is 94.8 Å². The molecule has 0 radical (unpaired) electrons. The minimum atomic E-state index is -0.101. The van der Waals surface area contributed by atoms with Crippen LogP contribution in [-0.4, -0.2) is 21.4 Å². The van der Waals surface area contributed by atoms with E-state index in [2.05, 4.69) is 34.3 Å². The molecule has 4 nitrogen and oxygen atoms in total. The van der Waals surface area contributed by atoms with Crippen molar-refractivity contribution in [1.82, 2.24) is 15.1 Å². The van der Waals surface area contributed by atoms with Gasteiger partial charge in [0.1, 0.15) is 0 Å². The average molecular weight is 404 g/mol. The number of nitrogens with zero attached hydrogens (tertiary/aromatic N) is 2. The summed E-state index contributed by atoms with van der Waals surface area (Å²) in [5, 5.41) is 7.86. The molecule has 2 aromatic carbocycles. The van der Waals surface area contributed by atoms with Crippen LogP contribution >= 0.6 is 11.8 Å². The van der Waals surface area contributed by atoms with E-state index in [0.29, 0.717) is 0 Å². The van der Waals surface area contributed by atoms with Crippen LogP contribution in [0, 0.1) is 0 Å². The number of rotatable bonds is 6. The van der Waals surface area contributed by atoms with Gasteiger partial charge in [-0.1, -0.05) is 60.7 Å². The Morgan fingerprint density at radius 3 is 2.66 bits per heavy atom. The zero-order valence-electron chi connectivity index (χ0n) is 16.5. The Balaban J connectivity index is 1.50. The van der Waals surface area contributed by atoms with Crippen molar-refractivity contribution in [2.24, 2.45) is 0 Å². The lowest BCUT2D eigenvalue weighted by molar-refractivity contribution is -0.117. The highest BCUT2D eigenvalue weighted by Gasteiger charge is 2.20. The second-order valence-electron chi connectivity index (χ2n) is 7.23. The van der Waals surface area contributed by atoms with E-state index in [1.165, 1.54) is 16.8 Å². The molecule has 0 saturated carbocycles. The lowest BCUT2D eigenvalue weighted by Gasteiger charge is -2.14. The van der Waals surface area contributed by atoms with Gasteiger partial charge in [-0.2, -0.15) is 16.9 Å². The van der Waals surface area contributed by atoms with Crippen LogP contribution in [0.5, 0.6) is 0 Å². The molecule has 1 N–H and O–H groups in total. The zero-order chi connectivity index (χ0) is 20.1. The number of benzene rings is 2. The number of carbonyl (C=O) groups excluding carboxylic acids is 1. The van der Waals surface area contributed by atoms with Gasteiger partial charge in [-0.15, -0.1) is 0 Å². The minimum absolute atomic E-state index is 0.0338. The van der Waals surface area contributed by atoms with Gasteiger partial charge in [0.25, 0.3) is 0 Å². The number of fused-ring (bicyclic) bond motifs is 1. The fourth-order valence-electron chi connectivity index (χ4n) is 3.60. The van der Waals surface area contributed by atoms with Gasteiger partial charge < -0.3 is 5.32 Å². The Morgan fingerprint density at radius 1 is 1.17 bits per heavy atom. The van der Waals surface area contributed by atoms with Gasteiger partial charge in [0.05, 0.1) is 18.3 Å². The van der Waals surface area contributed by atoms with Gasteiger partial charge in [-0.05, 0) is 36.3 Å². The molecule has 1 amide bonds. The van der Waals surface area contributed by atoms with Crippen LogP contribution in [0.15, 0.2) is 66.7 Å². The monoisotopic (exact) mass is 403 g/mol. The molecule has 4 rings (SSSR count). The molecule has 2 heterocycles. The Bertz CT molecular complexity index is 996. The van der Waals surface area contributed by atoms with Crippen molar-refractivity contribution in [3.8, 4) is 0 Å². The van der Waals surface area contributed by atoms with Gasteiger partial charge in [0, 0.05) is 23.1 Å². The summed E-state index contributed by atoms with van der Waals surface area (Å²) in [6.07, 6.45) is 4.48. The molecule has 3 aromatic rings. The highest BCUT2D eigenvalue weighted by molar-refractivity contribution is 7.98. The fourth-order valence-corrected chi connectivity index (χ4v) is 4.60. The Kier molecular flexibility index (Phi) is 6.15. The summed E-state index contributed by atoms with van der Waals surface area (Å²) < 4.78 is 2.11. The molecule has 1 aliphatic rings. The summed E-state index contributed by atoms with van der Waals surface area (Å²) in [4.78, 5) is 12.4. The first kappa shape index (κ1) is 19.5. The molecule has 0 bridgehead atoms. The minimum Gasteiger partial charge on any atom is -0.346 e. The smallest absolute Gasteiger partial charge is 0.244 e. The standard InChI is InChI=1S/C24H25N3OS/c1-18(20-10-6-3-7-11-20)25-24(28)13-12-22-21-17-29-15-14-23(21)27(26-22)16-19-8-4-2-5-9-19/h2-13,18H,14-17H2,1H3,(H,25,28)/b13-12+/t18-/m1/s1. The predicted molar refractivity (Wildman–Crippen MR) is 120 cm³/mol. The van der Waals surface area contributed by atoms with Crippen LogP contribution in [0.4, 0.5) is 0 Å². The lowest BCUT2D eigenvalue weighted by atomic mass is 10.1. The normalized spacial score (nSPS) is 14.5. The molecule has 1 atom stereocenters. The highest BCUT2D eigenvalue weighted by Crippen LogP contribution is 2.28. The maximum Gasteiger partial charge on any atom is 0.244 e. The molecule has 148 valence electrons. The third-order valence-electron chi connectivity index (χ3n) is 5.15. The van der Waals surface area contributed by atoms with Gasteiger partial charge in [-0.3, -0.25) is 9.48 Å². The van der Waals surface area contributed by atoms with Crippen molar-refractivity contribution in [2.45, 2.75) is 31.7 Å². The third kappa shape index (κ3) is 4.80. The van der Waals surface area contributed by atoms with Crippen molar-refractivity contribution in [1.29, 1.82) is 0 Å². The number of thioether (sulfide) groups is 1. The number of aromatic nitrogens is 2. The molecule has 0 saturated heterocycles. The van der Waals surface area contributed by atoms with Crippen molar-refractivity contribution in [3.63, 3.8) is 0 Å². The summed E-state index contributed by atoms with van der Waals surface area (Å²) >= 11 is 1.93. The topological polar surface area (TPSA) is 46.9 Å². The highest BCUT2D eigenvalue weighted by atomic mass is 32.2. The number of hydrogen-bond acceptors (Lipinski definition) is 3. The van der Waals surface area contributed by atoms with Gasteiger partial charge in [0.15, 0.2) is 0 Å². The van der Waals surface area contributed by atoms with Crippen molar-refractivity contribution in [2.75, 3.05) is 5.75 Å². The summed E-state index contributed by atoms with van der Waals surface area (Å²) in [6, 6.07) is 20.3. The molecule has 0 unspecified atom stereocenters. The van der Waals surface area contributed by atoms with Crippen LogP contribution in [0.1, 0.15) is 41.0 Å². The maximum atomic E-state index is 12.4. The molecule has 0 aliphatic carbocycles. The van der Waals surface area contributed by atoms with Gasteiger partial charge in [0.2, 0.25) is 5.91 Å². The molecule has 29 heavy (non-hydrogen) atoms. The van der Waals surface area contributed by atoms with E-state index < -0.39 is 0 Å². The molecular weight excluding hydrogens is 378 g/mol. The van der Waals surface area contributed by atoms with E-state index >= 15 is 0 Å². The second-order valence-corrected chi connectivity index (χ2v) is 8.34. The van der Waals surface area contributed by atoms with Crippen LogP contribution in [0.2, 0.25) is 0 Å². The van der Waals surface area contributed by atoms with Gasteiger partial charge >= 0.3 is 0 Å². The summed E-state index contributed by atoms with van der Waals surface area (Å²) in [6.45, 7) is 2.76.